The number of hydrogen-bond donors (Lipinski definition) is 0. The van der Waals surface area contributed by atoms with Crippen molar-refractivity contribution in [1.82, 2.24) is 9.47 Å². The molecule has 0 atom stereocenters. The summed E-state index contributed by atoms with van der Waals surface area (Å²) in [5.74, 6) is 2.58. The number of methoxy groups -OCH3 is 1. The molecule has 0 saturated heterocycles. The molecular formula is C26H26N2O4. The Morgan fingerprint density at radius 3 is 2.84 bits per heavy atom. The van der Waals surface area contributed by atoms with Crippen molar-refractivity contribution in [2.45, 2.75) is 45.8 Å². The molecule has 3 heterocycles. The number of carbonyl (C=O) groups excluding carboxylic acids is 1. The molecule has 164 valence electrons. The highest BCUT2D eigenvalue weighted by atomic mass is 16.5. The quantitative estimate of drug-likeness (QED) is 0.551. The second-order valence-electron chi connectivity index (χ2n) is 8.82. The Labute approximate surface area is 187 Å². The first-order valence-electron chi connectivity index (χ1n) is 11.2. The number of aromatic nitrogens is 1. The van der Waals surface area contributed by atoms with E-state index in [1.807, 2.05) is 31.2 Å². The van der Waals surface area contributed by atoms with Crippen LogP contribution in [0, 0.1) is 6.92 Å². The Hall–Kier alpha value is -3.25. The van der Waals surface area contributed by atoms with Gasteiger partial charge < -0.3 is 18.8 Å². The molecule has 6 rings (SSSR count). The van der Waals surface area contributed by atoms with Gasteiger partial charge in [0.2, 0.25) is 5.78 Å². The lowest BCUT2D eigenvalue weighted by atomic mass is 9.98. The Bertz CT molecular complexity index is 1300. The topological polar surface area (TPSA) is 52.9 Å². The zero-order chi connectivity index (χ0) is 22.0. The van der Waals surface area contributed by atoms with E-state index in [9.17, 15) is 4.79 Å². The molecule has 1 aromatic heterocycles. The monoisotopic (exact) mass is 430 g/mol. The highest BCUT2D eigenvalue weighted by Gasteiger charge is 2.38. The van der Waals surface area contributed by atoms with E-state index in [0.29, 0.717) is 29.8 Å². The molecule has 6 nitrogen and oxygen atoms in total. The maximum atomic E-state index is 13.4. The van der Waals surface area contributed by atoms with Gasteiger partial charge in [0, 0.05) is 41.8 Å². The Balaban J connectivity index is 1.43. The van der Waals surface area contributed by atoms with Crippen LogP contribution >= 0.6 is 0 Å². The fourth-order valence-corrected chi connectivity index (χ4v) is 4.87. The van der Waals surface area contributed by atoms with E-state index in [1.165, 1.54) is 12.8 Å². The van der Waals surface area contributed by atoms with Crippen LogP contribution in [0.1, 0.15) is 46.8 Å². The average molecular weight is 431 g/mol. The van der Waals surface area contributed by atoms with Crippen LogP contribution in [0.25, 0.3) is 17.0 Å². The van der Waals surface area contributed by atoms with Crippen LogP contribution in [0.5, 0.6) is 17.2 Å². The molecule has 6 heteroatoms. The molecule has 2 aliphatic heterocycles. The summed E-state index contributed by atoms with van der Waals surface area (Å²) in [5.41, 5.74) is 4.58. The first kappa shape index (κ1) is 19.4. The number of allylic oxidation sites excluding steroid dienone is 1. The molecule has 0 radical (unpaired) electrons. The van der Waals surface area contributed by atoms with Crippen LogP contribution in [-0.2, 0) is 13.1 Å². The van der Waals surface area contributed by atoms with Gasteiger partial charge in [0.15, 0.2) is 5.76 Å². The average Bonchev–Trinajstić information content (AvgIpc) is 3.53. The van der Waals surface area contributed by atoms with E-state index in [-0.39, 0.29) is 5.78 Å². The van der Waals surface area contributed by atoms with Crippen molar-refractivity contribution < 1.29 is 19.0 Å². The van der Waals surface area contributed by atoms with Crippen LogP contribution < -0.4 is 14.2 Å². The number of fused-ring (bicyclic) bond motifs is 4. The van der Waals surface area contributed by atoms with Crippen molar-refractivity contribution in [2.24, 2.45) is 0 Å². The number of Topliss-reactive ketones (excluding diaryl/α,β-unsaturated/α-hetero) is 1. The highest BCUT2D eigenvalue weighted by Crippen LogP contribution is 2.45. The molecular weight excluding hydrogens is 404 g/mol. The lowest BCUT2D eigenvalue weighted by Gasteiger charge is -2.30. The fraction of sp³-hybridized carbons (Fsp3) is 0.346. The molecule has 32 heavy (non-hydrogen) atoms. The summed E-state index contributed by atoms with van der Waals surface area (Å²) in [5, 5.41) is 1.04. The number of aryl methyl sites for hydroxylation is 2. The predicted molar refractivity (Wildman–Crippen MR) is 122 cm³/mol. The second-order valence-corrected chi connectivity index (χ2v) is 8.82. The molecule has 0 unspecified atom stereocenters. The van der Waals surface area contributed by atoms with Gasteiger partial charge in [-0.05, 0) is 62.6 Å². The van der Waals surface area contributed by atoms with E-state index in [0.717, 1.165) is 52.2 Å². The molecule has 0 N–H and O–H groups in total. The van der Waals surface area contributed by atoms with Crippen LogP contribution in [-0.4, -0.2) is 35.1 Å². The number of rotatable bonds is 4. The first-order chi connectivity index (χ1) is 15.6. The van der Waals surface area contributed by atoms with E-state index in [4.69, 9.17) is 14.2 Å². The minimum atomic E-state index is -0.0656. The van der Waals surface area contributed by atoms with Crippen molar-refractivity contribution in [1.29, 1.82) is 0 Å². The van der Waals surface area contributed by atoms with E-state index < -0.39 is 0 Å². The molecule has 0 amide bonds. The maximum absolute atomic E-state index is 13.4. The van der Waals surface area contributed by atoms with Crippen molar-refractivity contribution in [2.75, 3.05) is 13.8 Å². The normalized spacial score (nSPS) is 19.1. The minimum absolute atomic E-state index is 0.0656. The zero-order valence-electron chi connectivity index (χ0n) is 18.6. The van der Waals surface area contributed by atoms with Crippen LogP contribution in [0.4, 0.5) is 0 Å². The smallest absolute Gasteiger partial charge is 0.232 e. The molecule has 3 aliphatic rings. The largest absolute Gasteiger partial charge is 0.497 e. The van der Waals surface area contributed by atoms with Crippen LogP contribution in [0.3, 0.4) is 0 Å². The first-order valence-corrected chi connectivity index (χ1v) is 11.2. The number of ether oxygens (including phenoxy) is 3. The summed E-state index contributed by atoms with van der Waals surface area (Å²) in [6.45, 7) is 6.26. The molecule has 0 bridgehead atoms. The number of carbonyl (C=O) groups is 1. The SMILES string of the molecule is CCn1cc(/C=C2\Oc3c4c(cc(C)c3C2=O)OCN(C2CC2)C4)c2cc(OC)ccc21. The minimum Gasteiger partial charge on any atom is -0.497 e. The Morgan fingerprint density at radius 1 is 1.25 bits per heavy atom. The van der Waals surface area contributed by atoms with Gasteiger partial charge in [-0.1, -0.05) is 0 Å². The molecule has 1 fully saturated rings. The third kappa shape index (κ3) is 2.93. The van der Waals surface area contributed by atoms with Crippen LogP contribution in [0.2, 0.25) is 0 Å². The number of nitrogens with zero attached hydrogens (tertiary/aromatic N) is 2. The summed E-state index contributed by atoms with van der Waals surface area (Å²) < 4.78 is 19.9. The van der Waals surface area contributed by atoms with Crippen LogP contribution in [0.15, 0.2) is 36.2 Å². The van der Waals surface area contributed by atoms with Crippen molar-refractivity contribution in [3.05, 3.63) is 58.5 Å². The molecule has 1 aliphatic carbocycles. The van der Waals surface area contributed by atoms with Gasteiger partial charge in [-0.3, -0.25) is 9.69 Å². The molecule has 3 aromatic rings. The van der Waals surface area contributed by atoms with Gasteiger partial charge in [-0.25, -0.2) is 0 Å². The summed E-state index contributed by atoms with van der Waals surface area (Å²) >= 11 is 0. The summed E-state index contributed by atoms with van der Waals surface area (Å²) in [6, 6.07) is 8.59. The third-order valence-electron chi connectivity index (χ3n) is 6.76. The van der Waals surface area contributed by atoms with E-state index in [1.54, 1.807) is 7.11 Å². The Kier molecular flexibility index (Phi) is 4.33. The standard InChI is InChI=1S/C26H26N2O4/c1-4-27-12-16(19-11-18(30-3)7-8-21(19)27)10-23-25(29)24-15(2)9-22-20(26(24)32-23)13-28(14-31-22)17-5-6-17/h7-12,17H,4-6,13-14H2,1-3H3/b23-10-. The fourth-order valence-electron chi connectivity index (χ4n) is 4.87. The van der Waals surface area contributed by atoms with Gasteiger partial charge in [0.1, 0.15) is 24.0 Å². The van der Waals surface area contributed by atoms with Crippen molar-refractivity contribution >= 4 is 22.8 Å². The third-order valence-corrected chi connectivity index (χ3v) is 6.76. The number of ketones is 1. The van der Waals surface area contributed by atoms with E-state index in [2.05, 4.69) is 28.7 Å². The van der Waals surface area contributed by atoms with Gasteiger partial charge >= 0.3 is 0 Å². The second kappa shape index (κ2) is 7.14. The van der Waals surface area contributed by atoms with Gasteiger partial charge in [0.25, 0.3) is 0 Å². The van der Waals surface area contributed by atoms with Crippen molar-refractivity contribution in [3.8, 4) is 17.2 Å². The maximum Gasteiger partial charge on any atom is 0.232 e. The number of hydrogen-bond acceptors (Lipinski definition) is 5. The molecule has 1 saturated carbocycles. The predicted octanol–water partition coefficient (Wildman–Crippen LogP) is 4.91. The van der Waals surface area contributed by atoms with Gasteiger partial charge in [0.05, 0.1) is 18.2 Å². The van der Waals surface area contributed by atoms with Gasteiger partial charge in [-0.2, -0.15) is 0 Å². The van der Waals surface area contributed by atoms with Crippen molar-refractivity contribution in [3.63, 3.8) is 0 Å². The summed E-state index contributed by atoms with van der Waals surface area (Å²) in [4.78, 5) is 15.7. The number of benzene rings is 2. The lowest BCUT2D eigenvalue weighted by molar-refractivity contribution is 0.0867. The Morgan fingerprint density at radius 2 is 2.09 bits per heavy atom. The highest BCUT2D eigenvalue weighted by molar-refractivity contribution is 6.16. The molecule has 0 spiro atoms. The molecule has 2 aromatic carbocycles. The summed E-state index contributed by atoms with van der Waals surface area (Å²) in [7, 11) is 1.66. The van der Waals surface area contributed by atoms with E-state index >= 15 is 0 Å². The lowest BCUT2D eigenvalue weighted by Crippen LogP contribution is -2.34. The summed E-state index contributed by atoms with van der Waals surface area (Å²) in [6.07, 6.45) is 6.35. The van der Waals surface area contributed by atoms with Gasteiger partial charge in [-0.15, -0.1) is 0 Å². The zero-order valence-corrected chi connectivity index (χ0v) is 18.6.